The molecule has 0 bridgehead atoms. The van der Waals surface area contributed by atoms with Crippen molar-refractivity contribution in [2.45, 2.75) is 18.1 Å². The van der Waals surface area contributed by atoms with Crippen LogP contribution in [0.3, 0.4) is 0 Å². The Morgan fingerprint density at radius 3 is 2.69 bits per heavy atom. The lowest BCUT2D eigenvalue weighted by atomic mass is 10.2. The quantitative estimate of drug-likeness (QED) is 0.711. The van der Waals surface area contributed by atoms with E-state index in [1.807, 2.05) is 12.2 Å². The zero-order valence-electron chi connectivity index (χ0n) is 9.56. The van der Waals surface area contributed by atoms with Gasteiger partial charge >= 0.3 is 0 Å². The van der Waals surface area contributed by atoms with Crippen molar-refractivity contribution >= 4 is 9.84 Å². The molecule has 0 spiro atoms. The minimum Gasteiger partial charge on any atom is -0.314 e. The van der Waals surface area contributed by atoms with E-state index in [1.165, 1.54) is 0 Å². The van der Waals surface area contributed by atoms with Gasteiger partial charge in [-0.3, -0.25) is 4.90 Å². The van der Waals surface area contributed by atoms with Crippen molar-refractivity contribution in [3.8, 4) is 0 Å². The molecule has 2 saturated heterocycles. The topological polar surface area (TPSA) is 49.4 Å². The zero-order valence-corrected chi connectivity index (χ0v) is 10.4. The van der Waals surface area contributed by atoms with Gasteiger partial charge in [-0.2, -0.15) is 0 Å². The van der Waals surface area contributed by atoms with Crippen LogP contribution in [0.5, 0.6) is 0 Å². The lowest BCUT2D eigenvalue weighted by molar-refractivity contribution is 0.264. The molecule has 0 radical (unpaired) electrons. The van der Waals surface area contributed by atoms with Gasteiger partial charge < -0.3 is 5.32 Å². The second-order valence-electron chi connectivity index (χ2n) is 4.53. The van der Waals surface area contributed by atoms with Gasteiger partial charge in [-0.15, -0.1) is 0 Å². The molecule has 2 heterocycles. The molecule has 2 rings (SSSR count). The minimum absolute atomic E-state index is 0.213. The van der Waals surface area contributed by atoms with Crippen LogP contribution in [-0.4, -0.2) is 57.0 Å². The molecule has 92 valence electrons. The van der Waals surface area contributed by atoms with Crippen LogP contribution in [0.2, 0.25) is 0 Å². The fraction of sp³-hybridized carbons (Fsp3) is 0.818. The highest BCUT2D eigenvalue weighted by molar-refractivity contribution is 7.92. The molecule has 0 saturated carbocycles. The van der Waals surface area contributed by atoms with E-state index in [2.05, 4.69) is 10.2 Å². The molecule has 0 aromatic rings. The summed E-state index contributed by atoms with van der Waals surface area (Å²) < 4.78 is 23.1. The van der Waals surface area contributed by atoms with Crippen molar-refractivity contribution in [1.29, 1.82) is 0 Å². The van der Waals surface area contributed by atoms with E-state index in [-0.39, 0.29) is 5.25 Å². The van der Waals surface area contributed by atoms with E-state index in [0.717, 1.165) is 45.6 Å². The Balaban J connectivity index is 1.80. The third-order valence-electron chi connectivity index (χ3n) is 3.30. The van der Waals surface area contributed by atoms with Crippen molar-refractivity contribution in [3.05, 3.63) is 12.2 Å². The average molecular weight is 244 g/mol. The van der Waals surface area contributed by atoms with Gasteiger partial charge in [0.25, 0.3) is 0 Å². The van der Waals surface area contributed by atoms with E-state index in [0.29, 0.717) is 5.75 Å². The van der Waals surface area contributed by atoms with Gasteiger partial charge in [-0.05, 0) is 12.8 Å². The van der Waals surface area contributed by atoms with Crippen LogP contribution in [0.25, 0.3) is 0 Å². The fourth-order valence-corrected chi connectivity index (χ4v) is 4.04. The Morgan fingerprint density at radius 2 is 2.06 bits per heavy atom. The van der Waals surface area contributed by atoms with Crippen molar-refractivity contribution in [2.24, 2.45) is 0 Å². The van der Waals surface area contributed by atoms with Gasteiger partial charge in [-0.25, -0.2) is 8.42 Å². The maximum Gasteiger partial charge on any atom is 0.156 e. The summed E-state index contributed by atoms with van der Waals surface area (Å²) in [6.07, 6.45) is 5.55. The largest absolute Gasteiger partial charge is 0.314 e. The lowest BCUT2D eigenvalue weighted by Crippen LogP contribution is -2.43. The maximum atomic E-state index is 11.6. The van der Waals surface area contributed by atoms with Crippen LogP contribution >= 0.6 is 0 Å². The van der Waals surface area contributed by atoms with Gasteiger partial charge in [0.2, 0.25) is 0 Å². The van der Waals surface area contributed by atoms with Gasteiger partial charge in [0.15, 0.2) is 9.84 Å². The molecule has 0 amide bonds. The van der Waals surface area contributed by atoms with Gasteiger partial charge in [0, 0.05) is 32.7 Å². The molecular formula is C11H20N2O2S. The highest BCUT2D eigenvalue weighted by atomic mass is 32.2. The van der Waals surface area contributed by atoms with Crippen molar-refractivity contribution < 1.29 is 8.42 Å². The summed E-state index contributed by atoms with van der Waals surface area (Å²) >= 11 is 0. The number of hydrogen-bond donors (Lipinski definition) is 1. The third kappa shape index (κ3) is 3.06. The summed E-state index contributed by atoms with van der Waals surface area (Å²) in [7, 11) is -2.81. The molecule has 1 N–H and O–H groups in total. The van der Waals surface area contributed by atoms with E-state index >= 15 is 0 Å². The first-order valence-electron chi connectivity index (χ1n) is 6.00. The van der Waals surface area contributed by atoms with Crippen LogP contribution in [0.15, 0.2) is 12.2 Å². The SMILES string of the molecule is O=S1(=O)CCCC1/C=C\CN1CCNCC1. The third-order valence-corrected chi connectivity index (χ3v) is 5.48. The van der Waals surface area contributed by atoms with Crippen molar-refractivity contribution in [1.82, 2.24) is 10.2 Å². The number of piperazine rings is 1. The molecule has 0 aliphatic carbocycles. The molecular weight excluding hydrogens is 224 g/mol. The van der Waals surface area contributed by atoms with Gasteiger partial charge in [-0.1, -0.05) is 12.2 Å². The monoisotopic (exact) mass is 244 g/mol. The number of nitrogens with zero attached hydrogens (tertiary/aromatic N) is 1. The van der Waals surface area contributed by atoms with Crippen LogP contribution < -0.4 is 5.32 Å². The number of nitrogens with one attached hydrogen (secondary N) is 1. The first-order chi connectivity index (χ1) is 7.68. The van der Waals surface area contributed by atoms with E-state index < -0.39 is 9.84 Å². The Bertz CT molecular complexity index is 345. The number of sulfone groups is 1. The molecule has 1 atom stereocenters. The summed E-state index contributed by atoms with van der Waals surface area (Å²) in [5, 5.41) is 3.09. The normalized spacial score (nSPS) is 31.1. The van der Waals surface area contributed by atoms with Gasteiger partial charge in [0.1, 0.15) is 0 Å². The summed E-state index contributed by atoms with van der Waals surface area (Å²) in [5.41, 5.74) is 0. The van der Waals surface area contributed by atoms with Crippen LogP contribution in [-0.2, 0) is 9.84 Å². The molecule has 16 heavy (non-hydrogen) atoms. The summed E-state index contributed by atoms with van der Waals surface area (Å²) in [6, 6.07) is 0. The lowest BCUT2D eigenvalue weighted by Gasteiger charge is -2.25. The predicted octanol–water partition coefficient (Wildman–Crippen LogP) is 0.0250. The smallest absolute Gasteiger partial charge is 0.156 e. The Morgan fingerprint density at radius 1 is 1.31 bits per heavy atom. The molecule has 2 aliphatic rings. The summed E-state index contributed by atoms with van der Waals surface area (Å²) in [4.78, 5) is 2.34. The van der Waals surface area contributed by atoms with E-state index in [4.69, 9.17) is 0 Å². The molecule has 2 fully saturated rings. The summed E-state index contributed by atoms with van der Waals surface area (Å²) in [5.74, 6) is 0.371. The molecule has 2 aliphatic heterocycles. The number of hydrogen-bond acceptors (Lipinski definition) is 4. The summed E-state index contributed by atoms with van der Waals surface area (Å²) in [6.45, 7) is 5.07. The standard InChI is InChI=1S/C11H20N2O2S/c14-16(15)10-2-4-11(16)3-1-7-13-8-5-12-6-9-13/h1,3,11-12H,2,4-10H2/b3-1-. The first-order valence-corrected chi connectivity index (χ1v) is 7.71. The zero-order chi connectivity index (χ0) is 11.4. The fourth-order valence-electron chi connectivity index (χ4n) is 2.29. The second kappa shape index (κ2) is 5.29. The van der Waals surface area contributed by atoms with Crippen LogP contribution in [0, 0.1) is 0 Å². The van der Waals surface area contributed by atoms with Gasteiger partial charge in [0.05, 0.1) is 11.0 Å². The van der Waals surface area contributed by atoms with E-state index in [1.54, 1.807) is 0 Å². The minimum atomic E-state index is -2.81. The predicted molar refractivity (Wildman–Crippen MR) is 65.3 cm³/mol. The Labute approximate surface area is 97.6 Å². The van der Waals surface area contributed by atoms with Crippen molar-refractivity contribution in [3.63, 3.8) is 0 Å². The molecule has 4 nitrogen and oxygen atoms in total. The highest BCUT2D eigenvalue weighted by Gasteiger charge is 2.28. The Hall–Kier alpha value is -0.390. The van der Waals surface area contributed by atoms with Crippen LogP contribution in [0.1, 0.15) is 12.8 Å². The first kappa shape index (κ1) is 12.1. The Kier molecular flexibility index (Phi) is 4.00. The molecule has 1 unspecified atom stereocenters. The maximum absolute atomic E-state index is 11.6. The number of rotatable bonds is 3. The second-order valence-corrected chi connectivity index (χ2v) is 6.87. The highest BCUT2D eigenvalue weighted by Crippen LogP contribution is 2.20. The molecule has 0 aromatic heterocycles. The van der Waals surface area contributed by atoms with Crippen molar-refractivity contribution in [2.75, 3.05) is 38.5 Å². The molecule has 0 aromatic carbocycles. The van der Waals surface area contributed by atoms with E-state index in [9.17, 15) is 8.42 Å². The average Bonchev–Trinajstić information content (AvgIpc) is 2.60. The van der Waals surface area contributed by atoms with Crippen LogP contribution in [0.4, 0.5) is 0 Å². The molecule has 5 heteroatoms.